The Morgan fingerprint density at radius 2 is 1.64 bits per heavy atom. The largest absolute Gasteiger partial charge is 0.349 e. The maximum Gasteiger partial charge on any atom is 0.273 e. The van der Waals surface area contributed by atoms with Crippen LogP contribution in [0.4, 0.5) is 20.9 Å². The minimum absolute atomic E-state index is 0.0481. The maximum absolute atomic E-state index is 13.7. The molecule has 9 nitrogen and oxygen atoms in total. The number of anilines is 3. The standard InChI is InChI=1S/C31H22Cl2FN5O4S/c32-19-9-14-24(22(33)15-19)39(35)30(42)27-26(43-27)29(41)38(16-17-5-10-20(34)11-6-17)21-12-7-18(8-13-21)28(40)37-31-36-23-3-1-2-4-25(23)44-31/h1-15,26-27H,16,35H2,(H,36,37,40)/t26-,27-/m0/s1. The first-order valence-corrected chi connectivity index (χ1v) is 14.8. The van der Waals surface area contributed by atoms with Crippen molar-refractivity contribution in [3.63, 3.8) is 0 Å². The molecule has 0 unspecified atom stereocenters. The number of fused-ring (bicyclic) bond motifs is 1. The van der Waals surface area contributed by atoms with Gasteiger partial charge < -0.3 is 9.64 Å². The van der Waals surface area contributed by atoms with Gasteiger partial charge in [-0.3, -0.25) is 19.7 Å². The first kappa shape index (κ1) is 29.7. The predicted octanol–water partition coefficient (Wildman–Crippen LogP) is 6.20. The number of amides is 3. The van der Waals surface area contributed by atoms with E-state index in [4.69, 9.17) is 33.8 Å². The summed E-state index contributed by atoms with van der Waals surface area (Å²) in [6.07, 6.45) is -2.27. The van der Waals surface area contributed by atoms with Crippen molar-refractivity contribution in [3.05, 3.63) is 118 Å². The van der Waals surface area contributed by atoms with Gasteiger partial charge in [0.25, 0.3) is 17.7 Å². The summed E-state index contributed by atoms with van der Waals surface area (Å²) in [4.78, 5) is 45.5. The number of carbonyl (C=O) groups excluding carboxylic acids is 3. The van der Waals surface area contributed by atoms with Gasteiger partial charge in [-0.1, -0.05) is 58.8 Å². The second kappa shape index (κ2) is 12.3. The topological polar surface area (TPSA) is 121 Å². The van der Waals surface area contributed by atoms with E-state index in [0.717, 1.165) is 15.2 Å². The molecule has 6 rings (SSSR count). The van der Waals surface area contributed by atoms with Crippen molar-refractivity contribution in [1.82, 2.24) is 4.98 Å². The molecule has 1 aromatic heterocycles. The quantitative estimate of drug-likeness (QED) is 0.0893. The fourth-order valence-electron chi connectivity index (χ4n) is 4.53. The number of benzene rings is 4. The molecule has 222 valence electrons. The number of para-hydroxylation sites is 1. The fourth-order valence-corrected chi connectivity index (χ4v) is 5.89. The van der Waals surface area contributed by atoms with E-state index in [2.05, 4.69) is 10.3 Å². The Morgan fingerprint density at radius 3 is 2.34 bits per heavy atom. The van der Waals surface area contributed by atoms with Crippen LogP contribution in [-0.2, 0) is 20.9 Å². The number of nitrogens with zero attached hydrogens (tertiary/aromatic N) is 3. The van der Waals surface area contributed by atoms with E-state index in [1.165, 1.54) is 46.6 Å². The number of hydrogen-bond acceptors (Lipinski definition) is 7. The van der Waals surface area contributed by atoms with Gasteiger partial charge in [-0.2, -0.15) is 0 Å². The van der Waals surface area contributed by atoms with E-state index in [9.17, 15) is 18.8 Å². The van der Waals surface area contributed by atoms with Gasteiger partial charge in [0.2, 0.25) is 0 Å². The van der Waals surface area contributed by atoms with Crippen molar-refractivity contribution < 1.29 is 23.5 Å². The van der Waals surface area contributed by atoms with Crippen LogP contribution in [0.3, 0.4) is 0 Å². The van der Waals surface area contributed by atoms with Gasteiger partial charge in [-0.05, 0) is 72.3 Å². The number of carbonyl (C=O) groups is 3. The lowest BCUT2D eigenvalue weighted by atomic mass is 10.1. The van der Waals surface area contributed by atoms with Crippen LogP contribution in [0.1, 0.15) is 15.9 Å². The van der Waals surface area contributed by atoms with Crippen LogP contribution in [0.5, 0.6) is 0 Å². The second-order valence-electron chi connectivity index (χ2n) is 9.82. The minimum atomic E-state index is -1.14. The highest BCUT2D eigenvalue weighted by molar-refractivity contribution is 7.22. The Morgan fingerprint density at radius 1 is 0.932 bits per heavy atom. The van der Waals surface area contributed by atoms with Crippen LogP contribution in [0.25, 0.3) is 10.2 Å². The summed E-state index contributed by atoms with van der Waals surface area (Å²) in [5.74, 6) is 4.04. The number of epoxide rings is 1. The molecule has 1 aliphatic heterocycles. The van der Waals surface area contributed by atoms with Gasteiger partial charge in [0.15, 0.2) is 17.3 Å². The lowest BCUT2D eigenvalue weighted by Crippen LogP contribution is -2.43. The van der Waals surface area contributed by atoms with E-state index in [1.807, 2.05) is 24.3 Å². The van der Waals surface area contributed by atoms with E-state index in [0.29, 0.717) is 27.0 Å². The Labute approximate surface area is 264 Å². The molecule has 0 bridgehead atoms. The molecule has 13 heteroatoms. The molecule has 2 atom stereocenters. The summed E-state index contributed by atoms with van der Waals surface area (Å²) < 4.78 is 20.0. The number of hydrogen-bond donors (Lipinski definition) is 2. The normalized spacial score (nSPS) is 15.5. The fraction of sp³-hybridized carbons (Fsp3) is 0.0968. The summed E-state index contributed by atoms with van der Waals surface area (Å²) in [6, 6.07) is 24.0. The van der Waals surface area contributed by atoms with Gasteiger partial charge in [-0.15, -0.1) is 0 Å². The molecule has 44 heavy (non-hydrogen) atoms. The van der Waals surface area contributed by atoms with Crippen LogP contribution in [-0.4, -0.2) is 34.9 Å². The Bertz CT molecular complexity index is 1850. The minimum Gasteiger partial charge on any atom is -0.349 e. The van der Waals surface area contributed by atoms with Crippen LogP contribution < -0.4 is 21.1 Å². The lowest BCUT2D eigenvalue weighted by Gasteiger charge is -2.23. The van der Waals surface area contributed by atoms with Crippen LogP contribution in [0.15, 0.2) is 91.0 Å². The van der Waals surface area contributed by atoms with E-state index in [1.54, 1.807) is 36.4 Å². The molecule has 1 aliphatic rings. The highest BCUT2D eigenvalue weighted by Crippen LogP contribution is 2.33. The molecule has 1 saturated heterocycles. The van der Waals surface area contributed by atoms with E-state index >= 15 is 0 Å². The molecule has 0 aliphatic carbocycles. The molecule has 0 radical (unpaired) electrons. The first-order valence-electron chi connectivity index (χ1n) is 13.2. The van der Waals surface area contributed by atoms with Gasteiger partial charge >= 0.3 is 0 Å². The highest BCUT2D eigenvalue weighted by Gasteiger charge is 2.53. The number of nitrogens with two attached hydrogens (primary N) is 1. The lowest BCUT2D eigenvalue weighted by molar-refractivity contribution is -0.121. The number of ether oxygens (including phenoxy) is 1. The summed E-state index contributed by atoms with van der Waals surface area (Å²) >= 11 is 13.5. The first-order chi connectivity index (χ1) is 21.2. The van der Waals surface area contributed by atoms with Gasteiger partial charge in [0.1, 0.15) is 5.82 Å². The van der Waals surface area contributed by atoms with Gasteiger partial charge in [-0.25, -0.2) is 20.2 Å². The molecular weight excluding hydrogens is 628 g/mol. The molecule has 0 spiro atoms. The van der Waals surface area contributed by atoms with Crippen molar-refractivity contribution in [2.24, 2.45) is 5.84 Å². The van der Waals surface area contributed by atoms with Gasteiger partial charge in [0, 0.05) is 16.3 Å². The molecule has 3 amide bonds. The van der Waals surface area contributed by atoms with Crippen molar-refractivity contribution in [2.45, 2.75) is 18.8 Å². The van der Waals surface area contributed by atoms with Crippen molar-refractivity contribution in [2.75, 3.05) is 15.2 Å². The number of nitrogens with one attached hydrogen (secondary N) is 1. The van der Waals surface area contributed by atoms with E-state index < -0.39 is 29.8 Å². The third-order valence-electron chi connectivity index (χ3n) is 6.86. The zero-order valence-electron chi connectivity index (χ0n) is 22.6. The van der Waals surface area contributed by atoms with Crippen molar-refractivity contribution in [1.29, 1.82) is 0 Å². The molecule has 1 fully saturated rings. The predicted molar refractivity (Wildman–Crippen MR) is 168 cm³/mol. The third kappa shape index (κ3) is 6.28. The number of hydrazine groups is 1. The zero-order chi connectivity index (χ0) is 31.0. The smallest absolute Gasteiger partial charge is 0.273 e. The molecule has 0 saturated carbocycles. The maximum atomic E-state index is 13.7. The average Bonchev–Trinajstić information content (AvgIpc) is 3.72. The number of aromatic nitrogens is 1. The van der Waals surface area contributed by atoms with Crippen molar-refractivity contribution >= 4 is 79.0 Å². The van der Waals surface area contributed by atoms with E-state index in [-0.39, 0.29) is 23.2 Å². The zero-order valence-corrected chi connectivity index (χ0v) is 24.9. The third-order valence-corrected chi connectivity index (χ3v) is 8.35. The average molecular weight is 651 g/mol. The summed E-state index contributed by atoms with van der Waals surface area (Å²) in [6.45, 7) is 0.0481. The second-order valence-corrected chi connectivity index (χ2v) is 11.7. The molecule has 4 aromatic carbocycles. The molecule has 5 aromatic rings. The summed E-state index contributed by atoms with van der Waals surface area (Å²) in [5.41, 5.74) is 2.39. The van der Waals surface area contributed by atoms with Crippen LogP contribution in [0.2, 0.25) is 10.0 Å². The van der Waals surface area contributed by atoms with Gasteiger partial charge in [0.05, 0.1) is 27.5 Å². The molecule has 2 heterocycles. The van der Waals surface area contributed by atoms with Crippen LogP contribution in [0, 0.1) is 5.82 Å². The summed E-state index contributed by atoms with van der Waals surface area (Å²) in [7, 11) is 0. The Kier molecular flexibility index (Phi) is 8.30. The molecule has 3 N–H and O–H groups in total. The SMILES string of the molecule is NN(C(=O)[C@H]1O[C@@H]1C(=O)N(Cc1ccc(F)cc1)c1ccc(C(=O)Nc2nc3ccccc3s2)cc1)c1ccc(Cl)cc1Cl. The monoisotopic (exact) mass is 649 g/mol. The number of halogens is 3. The number of rotatable bonds is 8. The number of thiazole rings is 1. The van der Waals surface area contributed by atoms with Crippen LogP contribution >= 0.6 is 34.5 Å². The summed E-state index contributed by atoms with van der Waals surface area (Å²) in [5, 5.41) is 4.61. The highest BCUT2D eigenvalue weighted by atomic mass is 35.5. The Balaban J connectivity index is 1.20. The van der Waals surface area contributed by atoms with Crippen molar-refractivity contribution in [3.8, 4) is 0 Å². The Hall–Kier alpha value is -4.39. The molecular formula is C31H22Cl2FN5O4S.